The summed E-state index contributed by atoms with van der Waals surface area (Å²) >= 11 is 5.45. The molecule has 1 aromatic rings. The second-order valence-electron chi connectivity index (χ2n) is 3.03. The number of rotatable bonds is 3. The van der Waals surface area contributed by atoms with Crippen molar-refractivity contribution in [2.75, 3.05) is 14.2 Å². The van der Waals surface area contributed by atoms with Crippen molar-refractivity contribution in [1.29, 1.82) is 0 Å². The van der Waals surface area contributed by atoms with E-state index in [1.165, 1.54) is 7.11 Å². The topological polar surface area (TPSA) is 35.5 Å². The lowest BCUT2D eigenvalue weighted by Gasteiger charge is -2.10. The normalized spacial score (nSPS) is 10.5. The SMILES string of the molecule is COCc1c(F)c(F)c(C(=O)OC)c(Cl)c1F. The Kier molecular flexibility index (Phi) is 4.36. The van der Waals surface area contributed by atoms with Crippen LogP contribution in [0.3, 0.4) is 0 Å². The van der Waals surface area contributed by atoms with E-state index >= 15 is 0 Å². The van der Waals surface area contributed by atoms with Gasteiger partial charge in [0.1, 0.15) is 5.56 Å². The smallest absolute Gasteiger partial charge is 0.342 e. The maximum atomic E-state index is 13.6. The fourth-order valence-electron chi connectivity index (χ4n) is 1.23. The van der Waals surface area contributed by atoms with Crippen LogP contribution >= 0.6 is 11.6 Å². The maximum Gasteiger partial charge on any atom is 0.342 e. The summed E-state index contributed by atoms with van der Waals surface area (Å²) in [6, 6.07) is 0. The molecule has 0 amide bonds. The number of carbonyl (C=O) groups excluding carboxylic acids is 1. The lowest BCUT2D eigenvalue weighted by Crippen LogP contribution is -2.12. The van der Waals surface area contributed by atoms with Gasteiger partial charge in [-0.3, -0.25) is 0 Å². The fraction of sp³-hybridized carbons (Fsp3) is 0.300. The molecule has 17 heavy (non-hydrogen) atoms. The van der Waals surface area contributed by atoms with Gasteiger partial charge < -0.3 is 9.47 Å². The molecule has 1 rings (SSSR count). The highest BCUT2D eigenvalue weighted by Gasteiger charge is 2.28. The van der Waals surface area contributed by atoms with Gasteiger partial charge in [0, 0.05) is 7.11 Å². The van der Waals surface area contributed by atoms with Crippen molar-refractivity contribution in [3.8, 4) is 0 Å². The third-order valence-electron chi connectivity index (χ3n) is 2.03. The minimum absolute atomic E-state index is 0.504. The van der Waals surface area contributed by atoms with E-state index in [2.05, 4.69) is 9.47 Å². The predicted molar refractivity (Wildman–Crippen MR) is 53.4 cm³/mol. The van der Waals surface area contributed by atoms with Gasteiger partial charge in [0.05, 0.1) is 24.3 Å². The van der Waals surface area contributed by atoms with Gasteiger partial charge in [-0.1, -0.05) is 11.6 Å². The Morgan fingerprint density at radius 2 is 1.76 bits per heavy atom. The fourth-order valence-corrected chi connectivity index (χ4v) is 1.50. The van der Waals surface area contributed by atoms with Crippen LogP contribution in [0.25, 0.3) is 0 Å². The van der Waals surface area contributed by atoms with E-state index in [9.17, 15) is 18.0 Å². The molecule has 0 atom stereocenters. The molecular formula is C10H8ClF3O3. The van der Waals surface area contributed by atoms with Crippen LogP contribution in [0.1, 0.15) is 15.9 Å². The first kappa shape index (κ1) is 13.8. The highest BCUT2D eigenvalue weighted by atomic mass is 35.5. The first-order valence-electron chi connectivity index (χ1n) is 4.37. The van der Waals surface area contributed by atoms with Gasteiger partial charge >= 0.3 is 5.97 Å². The molecule has 0 radical (unpaired) electrons. The average Bonchev–Trinajstić information content (AvgIpc) is 2.32. The highest BCUT2D eigenvalue weighted by Crippen LogP contribution is 2.30. The van der Waals surface area contributed by atoms with Crippen molar-refractivity contribution < 1.29 is 27.4 Å². The van der Waals surface area contributed by atoms with Gasteiger partial charge in [-0.2, -0.15) is 0 Å². The summed E-state index contributed by atoms with van der Waals surface area (Å²) in [5.41, 5.74) is -1.65. The molecule has 0 aliphatic heterocycles. The Hall–Kier alpha value is -1.27. The Balaban J connectivity index is 3.52. The van der Waals surface area contributed by atoms with Crippen LogP contribution in [0.15, 0.2) is 0 Å². The summed E-state index contributed by atoms with van der Waals surface area (Å²) in [7, 11) is 2.12. The van der Waals surface area contributed by atoms with Gasteiger partial charge in [0.2, 0.25) is 0 Å². The van der Waals surface area contributed by atoms with Crippen molar-refractivity contribution in [3.05, 3.63) is 33.6 Å². The Bertz CT molecular complexity index is 434. The molecule has 0 unspecified atom stereocenters. The molecule has 0 spiro atoms. The number of esters is 1. The van der Waals surface area contributed by atoms with Crippen LogP contribution < -0.4 is 0 Å². The average molecular weight is 269 g/mol. The van der Waals surface area contributed by atoms with Crippen LogP contribution in [0.2, 0.25) is 5.02 Å². The molecule has 3 nitrogen and oxygen atoms in total. The third kappa shape index (κ3) is 2.37. The van der Waals surface area contributed by atoms with Gasteiger partial charge in [0.15, 0.2) is 17.5 Å². The van der Waals surface area contributed by atoms with Crippen molar-refractivity contribution in [2.24, 2.45) is 0 Å². The van der Waals surface area contributed by atoms with E-state index in [-0.39, 0.29) is 0 Å². The molecule has 0 aromatic heterocycles. The van der Waals surface area contributed by atoms with Crippen LogP contribution in [-0.4, -0.2) is 20.2 Å². The van der Waals surface area contributed by atoms with Crippen molar-refractivity contribution in [1.82, 2.24) is 0 Å². The molecule has 0 saturated heterocycles. The molecule has 0 saturated carbocycles. The Morgan fingerprint density at radius 3 is 2.24 bits per heavy atom. The lowest BCUT2D eigenvalue weighted by molar-refractivity contribution is 0.0593. The summed E-state index contributed by atoms with van der Waals surface area (Å²) in [5.74, 6) is -5.58. The molecule has 0 bridgehead atoms. The molecule has 1 aromatic carbocycles. The van der Waals surface area contributed by atoms with Crippen LogP contribution in [0.4, 0.5) is 13.2 Å². The van der Waals surface area contributed by atoms with Crippen LogP contribution in [0, 0.1) is 17.5 Å². The molecule has 94 valence electrons. The zero-order valence-electron chi connectivity index (χ0n) is 8.94. The number of hydrogen-bond donors (Lipinski definition) is 0. The molecule has 7 heteroatoms. The summed E-state index contributed by atoms with van der Waals surface area (Å²) in [6.45, 7) is -0.504. The predicted octanol–water partition coefficient (Wildman–Crippen LogP) is 2.69. The van der Waals surface area contributed by atoms with Crippen molar-refractivity contribution in [2.45, 2.75) is 6.61 Å². The van der Waals surface area contributed by atoms with E-state index in [0.717, 1.165) is 7.11 Å². The van der Waals surface area contributed by atoms with Gasteiger partial charge in [0.25, 0.3) is 0 Å². The Morgan fingerprint density at radius 1 is 1.18 bits per heavy atom. The van der Waals surface area contributed by atoms with E-state index in [1.807, 2.05) is 0 Å². The standard InChI is InChI=1S/C10H8ClF3O3/c1-16-3-4-7(12)6(11)5(10(15)17-2)9(14)8(4)13/h3H2,1-2H3. The number of ether oxygens (including phenoxy) is 2. The molecule has 0 aliphatic rings. The second kappa shape index (κ2) is 5.37. The lowest BCUT2D eigenvalue weighted by atomic mass is 10.1. The van der Waals surface area contributed by atoms with Gasteiger partial charge in [-0.15, -0.1) is 0 Å². The van der Waals surface area contributed by atoms with Gasteiger partial charge in [-0.25, -0.2) is 18.0 Å². The number of methoxy groups -OCH3 is 2. The van der Waals surface area contributed by atoms with E-state index in [0.29, 0.717) is 0 Å². The summed E-state index contributed by atoms with van der Waals surface area (Å²) in [5, 5.41) is -0.831. The van der Waals surface area contributed by atoms with Crippen LogP contribution in [-0.2, 0) is 16.1 Å². The number of halogens is 4. The van der Waals surface area contributed by atoms with Crippen molar-refractivity contribution in [3.63, 3.8) is 0 Å². The first-order valence-corrected chi connectivity index (χ1v) is 4.75. The molecule has 0 aliphatic carbocycles. The quantitative estimate of drug-likeness (QED) is 0.624. The highest BCUT2D eigenvalue weighted by molar-refractivity contribution is 6.33. The van der Waals surface area contributed by atoms with E-state index < -0.39 is 46.2 Å². The largest absolute Gasteiger partial charge is 0.465 e. The monoisotopic (exact) mass is 268 g/mol. The number of hydrogen-bond acceptors (Lipinski definition) is 3. The number of benzene rings is 1. The summed E-state index contributed by atoms with van der Waals surface area (Å²) in [6.07, 6.45) is 0. The van der Waals surface area contributed by atoms with Gasteiger partial charge in [-0.05, 0) is 0 Å². The zero-order valence-corrected chi connectivity index (χ0v) is 9.70. The minimum atomic E-state index is -1.56. The summed E-state index contributed by atoms with van der Waals surface area (Å²) in [4.78, 5) is 11.1. The first-order chi connectivity index (χ1) is 7.95. The third-order valence-corrected chi connectivity index (χ3v) is 2.39. The summed E-state index contributed by atoms with van der Waals surface area (Å²) < 4.78 is 49.2. The molecule has 0 N–H and O–H groups in total. The van der Waals surface area contributed by atoms with Crippen molar-refractivity contribution >= 4 is 17.6 Å². The zero-order chi connectivity index (χ0) is 13.2. The Labute approximate surface area is 100 Å². The van der Waals surface area contributed by atoms with E-state index in [1.54, 1.807) is 0 Å². The molecule has 0 fully saturated rings. The number of carbonyl (C=O) groups is 1. The molecule has 0 heterocycles. The second-order valence-corrected chi connectivity index (χ2v) is 3.41. The molecular weight excluding hydrogens is 261 g/mol. The maximum absolute atomic E-state index is 13.6. The van der Waals surface area contributed by atoms with E-state index in [4.69, 9.17) is 11.6 Å². The minimum Gasteiger partial charge on any atom is -0.465 e. The van der Waals surface area contributed by atoms with Crippen LogP contribution in [0.5, 0.6) is 0 Å².